The molecule has 5 N–H and O–H groups in total. The number of benzene rings is 1. The summed E-state index contributed by atoms with van der Waals surface area (Å²) in [6, 6.07) is 8.51. The van der Waals surface area contributed by atoms with Gasteiger partial charge in [0.25, 0.3) is 23.6 Å². The average Bonchev–Trinajstić information content (AvgIpc) is 4.10. The summed E-state index contributed by atoms with van der Waals surface area (Å²) in [5.74, 6) is -2.80. The molecule has 0 fully saturated rings. The van der Waals surface area contributed by atoms with Gasteiger partial charge in [-0.05, 0) is 66.6 Å². The molecule has 0 saturated heterocycles. The summed E-state index contributed by atoms with van der Waals surface area (Å²) in [5.41, 5.74) is 4.10. The molecule has 1 aromatic carbocycles. The van der Waals surface area contributed by atoms with Crippen molar-refractivity contribution in [2.45, 2.75) is 123 Å². The normalized spacial score (nSPS) is 14.2. The van der Waals surface area contributed by atoms with Crippen LogP contribution in [-0.2, 0) is 75.9 Å². The number of pyridine rings is 2. The lowest BCUT2D eigenvalue weighted by atomic mass is 10.0. The van der Waals surface area contributed by atoms with Crippen LogP contribution in [0.5, 0.6) is 23.3 Å². The fraction of sp³-hybridized carbons (Fsp3) is 0.481. The van der Waals surface area contributed by atoms with Gasteiger partial charge in [0.1, 0.15) is 12.1 Å². The first-order chi connectivity index (χ1) is 35.9. The number of ether oxygens (including phenoxy) is 4. The monoisotopic (exact) mass is 1040 g/mol. The number of carboxylic acid groups (broad SMARTS) is 1. The van der Waals surface area contributed by atoms with Crippen molar-refractivity contribution in [3.63, 3.8) is 0 Å². The van der Waals surface area contributed by atoms with Gasteiger partial charge in [0, 0.05) is 76.1 Å². The van der Waals surface area contributed by atoms with Crippen LogP contribution >= 0.6 is 0 Å². The molecule has 0 spiro atoms. The number of carbonyl (C=O) groups is 9. The van der Waals surface area contributed by atoms with Crippen molar-refractivity contribution in [1.29, 1.82) is 0 Å². The van der Waals surface area contributed by atoms with Gasteiger partial charge >= 0.3 is 5.97 Å². The van der Waals surface area contributed by atoms with Crippen LogP contribution < -0.4 is 40.2 Å². The Morgan fingerprint density at radius 2 is 1.21 bits per heavy atom. The third kappa shape index (κ3) is 15.9. The fourth-order valence-corrected chi connectivity index (χ4v) is 8.32. The number of anilines is 1. The molecule has 6 rings (SSSR count). The van der Waals surface area contributed by atoms with E-state index in [1.165, 1.54) is 33.3 Å². The molecule has 2 atom stereocenters. The summed E-state index contributed by atoms with van der Waals surface area (Å²) in [6.07, 6.45) is 4.31. The van der Waals surface area contributed by atoms with Crippen LogP contribution in [-0.4, -0.2) is 129 Å². The highest BCUT2D eigenvalue weighted by Gasteiger charge is 2.30. The number of aromatic nitrogens is 2. The van der Waals surface area contributed by atoms with Crippen LogP contribution in [0.4, 0.5) is 5.69 Å². The van der Waals surface area contributed by atoms with Crippen molar-refractivity contribution in [2.24, 2.45) is 5.92 Å². The average molecular weight is 1040 g/mol. The molecule has 23 nitrogen and oxygen atoms in total. The number of methoxy groups -OCH3 is 2. The summed E-state index contributed by atoms with van der Waals surface area (Å²) in [5, 5.41) is 19.9. The zero-order valence-electron chi connectivity index (χ0n) is 42.9. The number of amides is 8. The maximum absolute atomic E-state index is 13.2. The van der Waals surface area contributed by atoms with Gasteiger partial charge in [-0.3, -0.25) is 48.1 Å². The Bertz CT molecular complexity index is 2640. The number of carbonyl (C=O) groups excluding carboxylic acids is 8. The molecule has 3 aliphatic heterocycles. The fourth-order valence-electron chi connectivity index (χ4n) is 8.32. The van der Waals surface area contributed by atoms with Gasteiger partial charge in [-0.1, -0.05) is 32.4 Å². The molecular weight excluding hydrogens is 975 g/mol. The third-order valence-corrected chi connectivity index (χ3v) is 12.6. The molecule has 0 unspecified atom stereocenters. The van der Waals surface area contributed by atoms with Gasteiger partial charge in [-0.15, -0.1) is 0 Å². The number of imide groups is 1. The molecule has 0 aliphatic carbocycles. The van der Waals surface area contributed by atoms with E-state index in [-0.39, 0.29) is 125 Å². The lowest BCUT2D eigenvalue weighted by Crippen LogP contribution is -2.53. The lowest BCUT2D eigenvalue weighted by Gasteiger charge is -2.24. The number of nitrogens with zero attached hydrogens (tertiary/aromatic N) is 5. The first-order valence-corrected chi connectivity index (χ1v) is 24.9. The molecule has 0 radical (unpaired) electrons. The SMILES string of the molecule is COc1cc2c(nc1OCCCOc1nc3c(cc1OC)CN(C(=O)CCC(=O)NCc1ccc(NC(=O)[C@H](C)NC(=O)[C@@H](NC(=O)CCCCCN4C(=O)C=CC4=O)C(C)C)cc1)C3)CN(C(=O)CCC(=O)O)C2. The van der Waals surface area contributed by atoms with E-state index in [9.17, 15) is 43.2 Å². The molecule has 3 aliphatic rings. The topological polar surface area (TPSA) is 294 Å². The number of hydrogen-bond donors (Lipinski definition) is 5. The molecule has 2 aromatic heterocycles. The lowest BCUT2D eigenvalue weighted by molar-refractivity contribution is -0.141. The number of unbranched alkanes of at least 4 members (excludes halogenated alkanes) is 2. The van der Waals surface area contributed by atoms with E-state index in [2.05, 4.69) is 31.2 Å². The Balaban J connectivity index is 0.860. The summed E-state index contributed by atoms with van der Waals surface area (Å²) in [4.78, 5) is 125. The first-order valence-electron chi connectivity index (χ1n) is 24.9. The van der Waals surface area contributed by atoms with Gasteiger partial charge in [-0.2, -0.15) is 0 Å². The van der Waals surface area contributed by atoms with E-state index in [0.717, 1.165) is 21.6 Å². The zero-order valence-corrected chi connectivity index (χ0v) is 42.9. The highest BCUT2D eigenvalue weighted by atomic mass is 16.5. The van der Waals surface area contributed by atoms with Gasteiger partial charge in [-0.25, -0.2) is 9.97 Å². The summed E-state index contributed by atoms with van der Waals surface area (Å²) in [7, 11) is 2.98. The van der Waals surface area contributed by atoms with Gasteiger partial charge in [0.15, 0.2) is 11.5 Å². The number of hydrogen-bond acceptors (Lipinski definition) is 15. The molecule has 0 saturated carbocycles. The predicted octanol–water partition coefficient (Wildman–Crippen LogP) is 3.06. The quantitative estimate of drug-likeness (QED) is 0.0516. The molecular formula is C52H65N9O14. The van der Waals surface area contributed by atoms with E-state index < -0.39 is 29.9 Å². The van der Waals surface area contributed by atoms with Crippen LogP contribution in [0.1, 0.15) is 107 Å². The molecule has 3 aromatic rings. The Labute approximate surface area is 434 Å². The van der Waals surface area contributed by atoms with Gasteiger partial charge in [0.2, 0.25) is 35.4 Å². The van der Waals surface area contributed by atoms with Crippen LogP contribution in [0.2, 0.25) is 0 Å². The second-order valence-corrected chi connectivity index (χ2v) is 18.6. The Kier molecular flexibility index (Phi) is 20.0. The minimum absolute atomic E-state index is 0.0234. The number of rotatable bonds is 28. The Morgan fingerprint density at radius 3 is 1.75 bits per heavy atom. The highest BCUT2D eigenvalue weighted by molar-refractivity contribution is 6.12. The third-order valence-electron chi connectivity index (χ3n) is 12.6. The first kappa shape index (κ1) is 56.2. The minimum Gasteiger partial charge on any atom is -0.491 e. The molecule has 75 heavy (non-hydrogen) atoms. The zero-order chi connectivity index (χ0) is 54.2. The predicted molar refractivity (Wildman–Crippen MR) is 267 cm³/mol. The van der Waals surface area contributed by atoms with Crippen molar-refractivity contribution >= 4 is 58.9 Å². The largest absolute Gasteiger partial charge is 0.491 e. The van der Waals surface area contributed by atoms with E-state index in [1.54, 1.807) is 60.0 Å². The standard InChI is InChI=1S/C52H65N9O14/c1-31(2)48(58-42(63)10-7-6-8-21-61-45(66)17-18-46(61)67)50(71)54-32(3)49(70)55-36-13-11-33(12-14-36)26-53-41(62)15-16-43(64)59-27-34-24-39(72-4)51(56-37(34)29-59)74-22-9-23-75-52-40(73-5)25-35-28-60(30-38(35)57-52)44(65)19-20-47(68)69/h11-14,17-18,24-25,31-32,48H,6-10,15-16,19-23,26-30H2,1-5H3,(H,53,62)(H,54,71)(H,55,70)(H,58,63)(H,68,69)/t32-,48-/m0/s1. The van der Waals surface area contributed by atoms with E-state index in [1.807, 2.05) is 0 Å². The van der Waals surface area contributed by atoms with Gasteiger partial charge < -0.3 is 55.1 Å². The van der Waals surface area contributed by atoms with E-state index in [4.69, 9.17) is 24.1 Å². The van der Waals surface area contributed by atoms with Crippen molar-refractivity contribution in [1.82, 2.24) is 40.6 Å². The van der Waals surface area contributed by atoms with Crippen LogP contribution in [0.15, 0.2) is 48.6 Å². The maximum atomic E-state index is 13.2. The number of aliphatic carboxylic acids is 1. The van der Waals surface area contributed by atoms with Crippen molar-refractivity contribution in [2.75, 3.05) is 39.3 Å². The van der Waals surface area contributed by atoms with Crippen LogP contribution in [0, 0.1) is 5.92 Å². The van der Waals surface area contributed by atoms with Crippen molar-refractivity contribution in [3.05, 3.63) is 76.6 Å². The van der Waals surface area contributed by atoms with E-state index in [0.29, 0.717) is 67.3 Å². The van der Waals surface area contributed by atoms with Gasteiger partial charge in [0.05, 0.1) is 58.3 Å². The van der Waals surface area contributed by atoms with Crippen LogP contribution in [0.3, 0.4) is 0 Å². The summed E-state index contributed by atoms with van der Waals surface area (Å²) in [6.45, 7) is 7.05. The van der Waals surface area contributed by atoms with Crippen LogP contribution in [0.25, 0.3) is 0 Å². The Morgan fingerprint density at radius 1 is 0.653 bits per heavy atom. The smallest absolute Gasteiger partial charge is 0.303 e. The molecule has 402 valence electrons. The van der Waals surface area contributed by atoms with E-state index >= 15 is 0 Å². The number of nitrogens with one attached hydrogen (secondary N) is 4. The minimum atomic E-state index is -1.04. The van der Waals surface area contributed by atoms with Crippen molar-refractivity contribution < 1.29 is 67.2 Å². The molecule has 8 amide bonds. The second-order valence-electron chi connectivity index (χ2n) is 18.6. The molecule has 0 bridgehead atoms. The number of carboxylic acids is 1. The summed E-state index contributed by atoms with van der Waals surface area (Å²) >= 11 is 0. The second kappa shape index (κ2) is 26.7. The summed E-state index contributed by atoms with van der Waals surface area (Å²) < 4.78 is 22.9. The number of fused-ring (bicyclic) bond motifs is 2. The highest BCUT2D eigenvalue weighted by Crippen LogP contribution is 2.34. The molecule has 5 heterocycles. The molecule has 23 heteroatoms. The Hall–Kier alpha value is -8.11. The van der Waals surface area contributed by atoms with Crippen molar-refractivity contribution in [3.8, 4) is 23.3 Å². The maximum Gasteiger partial charge on any atom is 0.303 e.